The van der Waals surface area contributed by atoms with Gasteiger partial charge in [-0.15, -0.1) is 0 Å². The molecular formula is C16H27ClN2O. The summed E-state index contributed by atoms with van der Waals surface area (Å²) in [6.07, 6.45) is 4.67. The molecular weight excluding hydrogens is 272 g/mol. The van der Waals surface area contributed by atoms with Crippen molar-refractivity contribution in [2.45, 2.75) is 72.4 Å². The molecule has 0 saturated heterocycles. The maximum atomic E-state index is 10.7. The minimum absolute atomic E-state index is 0.233. The van der Waals surface area contributed by atoms with Crippen LogP contribution in [-0.2, 0) is 19.4 Å². The maximum absolute atomic E-state index is 10.7. The standard InChI is InChI=1S/C16H27ClN2O/c1-5-12-15(17)13(19(6-2)18-12)10-14(20)11-8-7-9-16(11,3)4/h11,14,20H,5-10H2,1-4H3. The smallest absolute Gasteiger partial charge is 0.0850 e. The first-order chi connectivity index (χ1) is 9.40. The Morgan fingerprint density at radius 2 is 2.15 bits per heavy atom. The molecule has 2 atom stereocenters. The molecule has 114 valence electrons. The van der Waals surface area contributed by atoms with Crippen molar-refractivity contribution < 1.29 is 5.11 Å². The number of halogens is 1. The first kappa shape index (κ1) is 15.8. The number of rotatable bonds is 5. The summed E-state index contributed by atoms with van der Waals surface area (Å²) in [6, 6.07) is 0. The Hall–Kier alpha value is -0.540. The van der Waals surface area contributed by atoms with Gasteiger partial charge in [0.1, 0.15) is 0 Å². The zero-order valence-electron chi connectivity index (χ0n) is 13.1. The van der Waals surface area contributed by atoms with Gasteiger partial charge in [-0.1, -0.05) is 38.8 Å². The van der Waals surface area contributed by atoms with Gasteiger partial charge in [-0.05, 0) is 37.5 Å². The Morgan fingerprint density at radius 1 is 1.45 bits per heavy atom. The molecule has 0 radical (unpaired) electrons. The molecule has 3 nitrogen and oxygen atoms in total. The molecule has 1 fully saturated rings. The number of aromatic nitrogens is 2. The van der Waals surface area contributed by atoms with Crippen molar-refractivity contribution >= 4 is 11.6 Å². The van der Waals surface area contributed by atoms with Crippen LogP contribution >= 0.6 is 11.6 Å². The molecule has 0 spiro atoms. The fourth-order valence-corrected chi connectivity index (χ4v) is 3.97. The third-order valence-electron chi connectivity index (χ3n) is 4.90. The first-order valence-corrected chi connectivity index (χ1v) is 8.20. The van der Waals surface area contributed by atoms with E-state index in [2.05, 4.69) is 32.8 Å². The number of nitrogens with zero attached hydrogens (tertiary/aromatic N) is 2. The fourth-order valence-electron chi connectivity index (χ4n) is 3.62. The third-order valence-corrected chi connectivity index (χ3v) is 5.34. The van der Waals surface area contributed by atoms with Gasteiger partial charge < -0.3 is 5.11 Å². The van der Waals surface area contributed by atoms with Gasteiger partial charge in [-0.3, -0.25) is 4.68 Å². The van der Waals surface area contributed by atoms with Crippen LogP contribution in [0.5, 0.6) is 0 Å². The summed E-state index contributed by atoms with van der Waals surface area (Å²) in [7, 11) is 0. The van der Waals surface area contributed by atoms with Crippen LogP contribution in [0.2, 0.25) is 5.02 Å². The monoisotopic (exact) mass is 298 g/mol. The lowest BCUT2D eigenvalue weighted by Crippen LogP contribution is -2.32. The summed E-state index contributed by atoms with van der Waals surface area (Å²) < 4.78 is 1.95. The average Bonchev–Trinajstić information content (AvgIpc) is 2.90. The molecule has 1 heterocycles. The highest BCUT2D eigenvalue weighted by molar-refractivity contribution is 6.31. The third kappa shape index (κ3) is 2.89. The summed E-state index contributed by atoms with van der Waals surface area (Å²) in [4.78, 5) is 0. The van der Waals surface area contributed by atoms with Crippen molar-refractivity contribution in [1.29, 1.82) is 0 Å². The van der Waals surface area contributed by atoms with E-state index >= 15 is 0 Å². The largest absolute Gasteiger partial charge is 0.392 e. The van der Waals surface area contributed by atoms with E-state index in [1.54, 1.807) is 0 Å². The molecule has 1 saturated carbocycles. The van der Waals surface area contributed by atoms with Crippen LogP contribution in [0.1, 0.15) is 58.3 Å². The molecule has 0 amide bonds. The Kier molecular flexibility index (Phi) is 4.80. The van der Waals surface area contributed by atoms with E-state index in [1.807, 2.05) is 4.68 Å². The van der Waals surface area contributed by atoms with Crippen molar-refractivity contribution in [3.05, 3.63) is 16.4 Å². The molecule has 2 unspecified atom stereocenters. The molecule has 1 aliphatic carbocycles. The zero-order valence-corrected chi connectivity index (χ0v) is 13.9. The summed E-state index contributed by atoms with van der Waals surface area (Å²) >= 11 is 6.44. The van der Waals surface area contributed by atoms with Gasteiger partial charge in [0.15, 0.2) is 0 Å². The van der Waals surface area contributed by atoms with Crippen LogP contribution in [0.4, 0.5) is 0 Å². The van der Waals surface area contributed by atoms with Gasteiger partial charge in [-0.25, -0.2) is 0 Å². The minimum atomic E-state index is -0.322. The zero-order chi connectivity index (χ0) is 14.9. The number of aliphatic hydroxyl groups excluding tert-OH is 1. The van der Waals surface area contributed by atoms with Crippen LogP contribution in [0, 0.1) is 11.3 Å². The van der Waals surface area contributed by atoms with Crippen molar-refractivity contribution in [2.75, 3.05) is 0 Å². The van der Waals surface area contributed by atoms with Gasteiger partial charge in [0.25, 0.3) is 0 Å². The van der Waals surface area contributed by atoms with E-state index < -0.39 is 0 Å². The Morgan fingerprint density at radius 3 is 2.65 bits per heavy atom. The van der Waals surface area contributed by atoms with E-state index in [-0.39, 0.29) is 11.5 Å². The lowest BCUT2D eigenvalue weighted by molar-refractivity contribution is 0.0528. The van der Waals surface area contributed by atoms with Gasteiger partial charge >= 0.3 is 0 Å². The maximum Gasteiger partial charge on any atom is 0.0850 e. The predicted octanol–water partition coefficient (Wildman–Crippen LogP) is 3.85. The number of hydrogen-bond donors (Lipinski definition) is 1. The highest BCUT2D eigenvalue weighted by atomic mass is 35.5. The molecule has 1 aliphatic rings. The molecule has 0 aliphatic heterocycles. The van der Waals surface area contributed by atoms with E-state index in [0.29, 0.717) is 12.3 Å². The molecule has 4 heteroatoms. The summed E-state index contributed by atoms with van der Waals surface area (Å²) in [5.74, 6) is 0.365. The van der Waals surface area contributed by atoms with Crippen molar-refractivity contribution in [3.63, 3.8) is 0 Å². The van der Waals surface area contributed by atoms with Gasteiger partial charge in [0.05, 0.1) is 22.5 Å². The fraction of sp³-hybridized carbons (Fsp3) is 0.812. The molecule has 0 aromatic carbocycles. The van der Waals surface area contributed by atoms with Crippen molar-refractivity contribution in [3.8, 4) is 0 Å². The van der Waals surface area contributed by atoms with Gasteiger partial charge in [-0.2, -0.15) is 5.10 Å². The average molecular weight is 299 g/mol. The summed E-state index contributed by atoms with van der Waals surface area (Å²) in [5, 5.41) is 16.0. The second kappa shape index (κ2) is 6.07. The number of aryl methyl sites for hydroxylation is 2. The van der Waals surface area contributed by atoms with Gasteiger partial charge in [0.2, 0.25) is 0 Å². The first-order valence-electron chi connectivity index (χ1n) is 7.82. The Bertz CT molecular complexity index is 467. The van der Waals surface area contributed by atoms with Gasteiger partial charge in [0, 0.05) is 13.0 Å². The lowest BCUT2D eigenvalue weighted by atomic mass is 9.77. The lowest BCUT2D eigenvalue weighted by Gasteiger charge is -2.31. The Labute approximate surface area is 127 Å². The molecule has 1 aromatic heterocycles. The normalized spacial score (nSPS) is 23.2. The molecule has 1 N–H and O–H groups in total. The second-order valence-corrected chi connectivity index (χ2v) is 7.01. The predicted molar refractivity (Wildman–Crippen MR) is 83.1 cm³/mol. The van der Waals surface area contributed by atoms with E-state index in [0.717, 1.165) is 35.8 Å². The van der Waals surface area contributed by atoms with Crippen LogP contribution < -0.4 is 0 Å². The summed E-state index contributed by atoms with van der Waals surface area (Å²) in [5.41, 5.74) is 2.18. The van der Waals surface area contributed by atoms with E-state index in [1.165, 1.54) is 12.8 Å². The van der Waals surface area contributed by atoms with E-state index in [9.17, 15) is 5.11 Å². The highest BCUT2D eigenvalue weighted by Crippen LogP contribution is 2.45. The van der Waals surface area contributed by atoms with Crippen LogP contribution in [0.15, 0.2) is 0 Å². The SMILES string of the molecule is CCc1nn(CC)c(CC(O)C2CCCC2(C)C)c1Cl. The van der Waals surface area contributed by atoms with Crippen LogP contribution in [-0.4, -0.2) is 21.0 Å². The van der Waals surface area contributed by atoms with Crippen LogP contribution in [0.25, 0.3) is 0 Å². The number of aliphatic hydroxyl groups is 1. The highest BCUT2D eigenvalue weighted by Gasteiger charge is 2.39. The van der Waals surface area contributed by atoms with E-state index in [4.69, 9.17) is 11.6 Å². The molecule has 2 rings (SSSR count). The summed E-state index contributed by atoms with van der Waals surface area (Å²) in [6.45, 7) is 9.47. The van der Waals surface area contributed by atoms with Crippen molar-refractivity contribution in [1.82, 2.24) is 9.78 Å². The van der Waals surface area contributed by atoms with Crippen molar-refractivity contribution in [2.24, 2.45) is 11.3 Å². The quantitative estimate of drug-likeness (QED) is 0.896. The minimum Gasteiger partial charge on any atom is -0.392 e. The molecule has 20 heavy (non-hydrogen) atoms. The van der Waals surface area contributed by atoms with Crippen LogP contribution in [0.3, 0.4) is 0 Å². The molecule has 0 bridgehead atoms. The Balaban J connectivity index is 2.19. The number of hydrogen-bond acceptors (Lipinski definition) is 2. The molecule has 1 aromatic rings. The topological polar surface area (TPSA) is 38.0 Å². The second-order valence-electron chi connectivity index (χ2n) is 6.64.